The number of nitrogens with zero attached hydrogens (tertiary/aromatic N) is 1. The first-order valence-corrected chi connectivity index (χ1v) is 9.20. The highest BCUT2D eigenvalue weighted by Gasteiger charge is 2.18. The Hall–Kier alpha value is -2.37. The van der Waals surface area contributed by atoms with Crippen LogP contribution in [0.3, 0.4) is 0 Å². The van der Waals surface area contributed by atoms with Gasteiger partial charge in [0.2, 0.25) is 10.0 Å². The van der Waals surface area contributed by atoms with Crippen molar-refractivity contribution < 1.29 is 8.42 Å². The Labute approximate surface area is 142 Å². The number of anilines is 1. The first-order valence-electron chi connectivity index (χ1n) is 7.72. The zero-order chi connectivity index (χ0) is 17.2. The average Bonchev–Trinajstić information content (AvgIpc) is 2.59. The van der Waals surface area contributed by atoms with Gasteiger partial charge in [-0.2, -0.15) is 0 Å². The van der Waals surface area contributed by atoms with E-state index in [1.807, 2.05) is 73.6 Å². The van der Waals surface area contributed by atoms with E-state index < -0.39 is 10.0 Å². The summed E-state index contributed by atoms with van der Waals surface area (Å²) in [5, 5.41) is 1.65. The van der Waals surface area contributed by atoms with Crippen LogP contribution in [-0.2, 0) is 16.6 Å². The molecule has 3 aromatic rings. The molecular weight excluding hydrogens is 320 g/mol. The van der Waals surface area contributed by atoms with Crippen LogP contribution >= 0.6 is 0 Å². The summed E-state index contributed by atoms with van der Waals surface area (Å²) in [7, 11) is 0.300. The second-order valence-electron chi connectivity index (χ2n) is 5.83. The molecule has 3 rings (SSSR count). The van der Waals surface area contributed by atoms with Crippen LogP contribution in [0.25, 0.3) is 10.8 Å². The minimum atomic E-state index is -3.60. The van der Waals surface area contributed by atoms with Gasteiger partial charge in [-0.15, -0.1) is 0 Å². The SMILES string of the molecule is CN(C)c1cccc2c(S(=O)(=O)NCc3ccccc3)cccc12. The van der Waals surface area contributed by atoms with Crippen molar-refractivity contribution in [2.24, 2.45) is 0 Å². The van der Waals surface area contributed by atoms with Gasteiger partial charge in [0.25, 0.3) is 0 Å². The van der Waals surface area contributed by atoms with Crippen LogP contribution in [0.2, 0.25) is 0 Å². The number of hydrogen-bond acceptors (Lipinski definition) is 3. The van der Waals surface area contributed by atoms with Gasteiger partial charge in [-0.05, 0) is 17.7 Å². The number of benzene rings is 3. The lowest BCUT2D eigenvalue weighted by molar-refractivity contribution is 0.582. The molecule has 0 heterocycles. The number of rotatable bonds is 5. The van der Waals surface area contributed by atoms with Gasteiger partial charge < -0.3 is 4.90 Å². The molecule has 1 N–H and O–H groups in total. The van der Waals surface area contributed by atoms with Gasteiger partial charge in [0.05, 0.1) is 4.90 Å². The molecule has 0 bridgehead atoms. The molecule has 124 valence electrons. The van der Waals surface area contributed by atoms with E-state index in [9.17, 15) is 8.42 Å². The highest BCUT2D eigenvalue weighted by atomic mass is 32.2. The summed E-state index contributed by atoms with van der Waals surface area (Å²) in [6.07, 6.45) is 0. The Kier molecular flexibility index (Phi) is 4.55. The first kappa shape index (κ1) is 16.5. The van der Waals surface area contributed by atoms with Crippen molar-refractivity contribution >= 4 is 26.5 Å². The van der Waals surface area contributed by atoms with Crippen LogP contribution < -0.4 is 9.62 Å². The molecule has 0 unspecified atom stereocenters. The number of sulfonamides is 1. The number of hydrogen-bond donors (Lipinski definition) is 1. The second-order valence-corrected chi connectivity index (χ2v) is 7.57. The fourth-order valence-electron chi connectivity index (χ4n) is 2.74. The predicted molar refractivity (Wildman–Crippen MR) is 98.7 cm³/mol. The standard InChI is InChI=1S/C19H20N2O2S/c1-21(2)18-12-6-11-17-16(18)10-7-13-19(17)24(22,23)20-14-15-8-4-3-5-9-15/h3-13,20H,14H2,1-2H3. The molecule has 3 aromatic carbocycles. The van der Waals surface area contributed by atoms with Crippen molar-refractivity contribution in [1.82, 2.24) is 4.72 Å². The highest BCUT2D eigenvalue weighted by molar-refractivity contribution is 7.89. The van der Waals surface area contributed by atoms with E-state index >= 15 is 0 Å². The molecule has 0 aliphatic rings. The zero-order valence-corrected chi connectivity index (χ0v) is 14.5. The van der Waals surface area contributed by atoms with Crippen LogP contribution in [0.4, 0.5) is 5.69 Å². The summed E-state index contributed by atoms with van der Waals surface area (Å²) in [4.78, 5) is 2.29. The van der Waals surface area contributed by atoms with Gasteiger partial charge in [-0.3, -0.25) is 0 Å². The maximum atomic E-state index is 12.8. The zero-order valence-electron chi connectivity index (χ0n) is 13.7. The summed E-state index contributed by atoms with van der Waals surface area (Å²) < 4.78 is 28.2. The molecule has 0 spiro atoms. The predicted octanol–water partition coefficient (Wildman–Crippen LogP) is 3.38. The summed E-state index contributed by atoms with van der Waals surface area (Å²) in [6.45, 7) is 0.271. The van der Waals surface area contributed by atoms with E-state index in [0.29, 0.717) is 4.90 Å². The average molecular weight is 340 g/mol. The lowest BCUT2D eigenvalue weighted by Crippen LogP contribution is -2.23. The molecule has 0 atom stereocenters. The third kappa shape index (κ3) is 3.27. The summed E-state index contributed by atoms with van der Waals surface area (Å²) in [6, 6.07) is 20.6. The van der Waals surface area contributed by atoms with Crippen LogP contribution in [0, 0.1) is 0 Å². The van der Waals surface area contributed by atoms with Crippen LogP contribution in [-0.4, -0.2) is 22.5 Å². The van der Waals surface area contributed by atoms with Crippen molar-refractivity contribution in [3.05, 3.63) is 72.3 Å². The Balaban J connectivity index is 2.00. The van der Waals surface area contributed by atoms with Crippen molar-refractivity contribution in [2.45, 2.75) is 11.4 Å². The molecule has 5 heteroatoms. The second kappa shape index (κ2) is 6.63. The third-order valence-electron chi connectivity index (χ3n) is 3.94. The Bertz CT molecular complexity index is 952. The topological polar surface area (TPSA) is 49.4 Å². The maximum Gasteiger partial charge on any atom is 0.241 e. The van der Waals surface area contributed by atoms with E-state index in [0.717, 1.165) is 22.0 Å². The van der Waals surface area contributed by atoms with E-state index in [1.165, 1.54) is 0 Å². The minimum Gasteiger partial charge on any atom is -0.377 e. The van der Waals surface area contributed by atoms with Gasteiger partial charge in [0.1, 0.15) is 0 Å². The molecule has 0 saturated carbocycles. The Morgan fingerprint density at radius 2 is 1.50 bits per heavy atom. The van der Waals surface area contributed by atoms with Crippen LogP contribution in [0.5, 0.6) is 0 Å². The molecule has 24 heavy (non-hydrogen) atoms. The maximum absolute atomic E-state index is 12.8. The summed E-state index contributed by atoms with van der Waals surface area (Å²) in [5.41, 5.74) is 1.92. The largest absolute Gasteiger partial charge is 0.377 e. The van der Waals surface area contributed by atoms with Gasteiger partial charge in [-0.25, -0.2) is 13.1 Å². The highest BCUT2D eigenvalue weighted by Crippen LogP contribution is 2.30. The minimum absolute atomic E-state index is 0.271. The molecule has 0 radical (unpaired) electrons. The van der Waals surface area contributed by atoms with Crippen LogP contribution in [0.1, 0.15) is 5.56 Å². The van der Waals surface area contributed by atoms with Crippen LogP contribution in [0.15, 0.2) is 71.6 Å². The van der Waals surface area contributed by atoms with Crippen molar-refractivity contribution in [1.29, 1.82) is 0 Å². The number of nitrogens with one attached hydrogen (secondary N) is 1. The molecule has 0 saturated heterocycles. The smallest absolute Gasteiger partial charge is 0.241 e. The monoisotopic (exact) mass is 340 g/mol. The third-order valence-corrected chi connectivity index (χ3v) is 5.40. The van der Waals surface area contributed by atoms with Gasteiger partial charge >= 0.3 is 0 Å². The normalized spacial score (nSPS) is 11.6. The van der Waals surface area contributed by atoms with E-state index in [1.54, 1.807) is 12.1 Å². The Morgan fingerprint density at radius 1 is 0.833 bits per heavy atom. The molecule has 0 aromatic heterocycles. The van der Waals surface area contributed by atoms with Crippen molar-refractivity contribution in [2.75, 3.05) is 19.0 Å². The molecule has 0 amide bonds. The fraction of sp³-hybridized carbons (Fsp3) is 0.158. The van der Waals surface area contributed by atoms with Gasteiger partial charge in [0, 0.05) is 37.1 Å². The molecule has 0 aliphatic heterocycles. The van der Waals surface area contributed by atoms with Gasteiger partial charge in [-0.1, -0.05) is 54.6 Å². The lowest BCUT2D eigenvalue weighted by atomic mass is 10.1. The summed E-state index contributed by atoms with van der Waals surface area (Å²) in [5.74, 6) is 0. The van der Waals surface area contributed by atoms with Crippen molar-refractivity contribution in [3.8, 4) is 0 Å². The fourth-order valence-corrected chi connectivity index (χ4v) is 3.98. The van der Waals surface area contributed by atoms with Gasteiger partial charge in [0.15, 0.2) is 0 Å². The van der Waals surface area contributed by atoms with E-state index in [4.69, 9.17) is 0 Å². The molecule has 4 nitrogen and oxygen atoms in total. The Morgan fingerprint density at radius 3 is 2.21 bits per heavy atom. The van der Waals surface area contributed by atoms with E-state index in [-0.39, 0.29) is 6.54 Å². The quantitative estimate of drug-likeness (QED) is 0.774. The van der Waals surface area contributed by atoms with Crippen molar-refractivity contribution in [3.63, 3.8) is 0 Å². The molecule has 0 fully saturated rings. The molecular formula is C19H20N2O2S. The number of fused-ring (bicyclic) bond motifs is 1. The lowest BCUT2D eigenvalue weighted by Gasteiger charge is -2.17. The van der Waals surface area contributed by atoms with E-state index in [2.05, 4.69) is 4.72 Å². The first-order chi connectivity index (χ1) is 11.5. The summed E-state index contributed by atoms with van der Waals surface area (Å²) >= 11 is 0. The molecule has 0 aliphatic carbocycles.